The van der Waals surface area contributed by atoms with Crippen molar-refractivity contribution in [2.24, 2.45) is 0 Å². The van der Waals surface area contributed by atoms with Gasteiger partial charge in [-0.3, -0.25) is 4.98 Å². The third-order valence-electron chi connectivity index (χ3n) is 2.88. The lowest BCUT2D eigenvalue weighted by atomic mass is 10.1. The van der Waals surface area contributed by atoms with Gasteiger partial charge >= 0.3 is 0 Å². The SMILES string of the molecule is c1ccc(COc2cccc3ccncc23)cc1. The second-order valence-electron chi connectivity index (χ2n) is 4.13. The highest BCUT2D eigenvalue weighted by atomic mass is 16.5. The number of nitrogens with zero attached hydrogens (tertiary/aromatic N) is 1. The van der Waals surface area contributed by atoms with Crippen molar-refractivity contribution in [2.45, 2.75) is 6.61 Å². The van der Waals surface area contributed by atoms with E-state index >= 15 is 0 Å². The van der Waals surface area contributed by atoms with Crippen molar-refractivity contribution >= 4 is 10.8 Å². The standard InChI is InChI=1S/C16H13NO/c1-2-5-13(6-3-1)12-18-16-8-4-7-14-9-10-17-11-15(14)16/h1-11H,12H2. The molecular weight excluding hydrogens is 222 g/mol. The van der Waals surface area contributed by atoms with Crippen LogP contribution in [0, 0.1) is 0 Å². The van der Waals surface area contributed by atoms with Gasteiger partial charge in [-0.15, -0.1) is 0 Å². The lowest BCUT2D eigenvalue weighted by Crippen LogP contribution is -1.95. The van der Waals surface area contributed by atoms with Gasteiger partial charge in [0.05, 0.1) is 0 Å². The molecule has 0 fully saturated rings. The third-order valence-corrected chi connectivity index (χ3v) is 2.88. The number of rotatable bonds is 3. The Bertz CT molecular complexity index is 644. The summed E-state index contributed by atoms with van der Waals surface area (Å²) >= 11 is 0. The molecule has 3 rings (SSSR count). The molecule has 88 valence electrons. The van der Waals surface area contributed by atoms with E-state index in [0.29, 0.717) is 6.61 Å². The van der Waals surface area contributed by atoms with Crippen LogP contribution in [-0.2, 0) is 6.61 Å². The van der Waals surface area contributed by atoms with Crippen molar-refractivity contribution in [3.05, 3.63) is 72.6 Å². The molecule has 0 aliphatic heterocycles. The maximum absolute atomic E-state index is 5.87. The first-order valence-electron chi connectivity index (χ1n) is 5.93. The highest BCUT2D eigenvalue weighted by Crippen LogP contribution is 2.24. The van der Waals surface area contributed by atoms with Gasteiger partial charge in [-0.05, 0) is 23.1 Å². The summed E-state index contributed by atoms with van der Waals surface area (Å²) in [6, 6.07) is 18.2. The number of hydrogen-bond donors (Lipinski definition) is 0. The maximum Gasteiger partial charge on any atom is 0.129 e. The van der Waals surface area contributed by atoms with Crippen molar-refractivity contribution in [2.75, 3.05) is 0 Å². The van der Waals surface area contributed by atoms with Crippen LogP contribution in [0.25, 0.3) is 10.8 Å². The van der Waals surface area contributed by atoms with Gasteiger partial charge < -0.3 is 4.74 Å². The average Bonchev–Trinajstić information content (AvgIpc) is 2.46. The molecule has 18 heavy (non-hydrogen) atoms. The van der Waals surface area contributed by atoms with Crippen LogP contribution in [0.1, 0.15) is 5.56 Å². The summed E-state index contributed by atoms with van der Waals surface area (Å²) in [7, 11) is 0. The molecule has 0 saturated carbocycles. The summed E-state index contributed by atoms with van der Waals surface area (Å²) in [5.74, 6) is 0.879. The van der Waals surface area contributed by atoms with Crippen LogP contribution in [0.15, 0.2) is 67.0 Å². The van der Waals surface area contributed by atoms with E-state index in [1.807, 2.05) is 42.6 Å². The zero-order chi connectivity index (χ0) is 12.2. The normalized spacial score (nSPS) is 10.4. The summed E-state index contributed by atoms with van der Waals surface area (Å²) in [5.41, 5.74) is 1.17. The smallest absolute Gasteiger partial charge is 0.129 e. The van der Waals surface area contributed by atoms with Gasteiger partial charge in [-0.1, -0.05) is 42.5 Å². The number of benzene rings is 2. The minimum absolute atomic E-state index is 0.578. The minimum Gasteiger partial charge on any atom is -0.488 e. The lowest BCUT2D eigenvalue weighted by molar-refractivity contribution is 0.310. The van der Waals surface area contributed by atoms with Gasteiger partial charge in [0.2, 0.25) is 0 Å². The van der Waals surface area contributed by atoms with Crippen LogP contribution in [0.4, 0.5) is 0 Å². The summed E-state index contributed by atoms with van der Waals surface area (Å²) in [6.45, 7) is 0.578. The first-order chi connectivity index (χ1) is 8.93. The molecule has 1 heterocycles. The van der Waals surface area contributed by atoms with Crippen LogP contribution in [-0.4, -0.2) is 4.98 Å². The van der Waals surface area contributed by atoms with Gasteiger partial charge in [0.1, 0.15) is 12.4 Å². The predicted octanol–water partition coefficient (Wildman–Crippen LogP) is 3.81. The molecule has 0 aliphatic carbocycles. The fraction of sp³-hybridized carbons (Fsp3) is 0.0625. The van der Waals surface area contributed by atoms with E-state index in [1.54, 1.807) is 6.20 Å². The Morgan fingerprint density at radius 3 is 2.67 bits per heavy atom. The summed E-state index contributed by atoms with van der Waals surface area (Å²) < 4.78 is 5.87. The van der Waals surface area contributed by atoms with Gasteiger partial charge in [0.25, 0.3) is 0 Å². The van der Waals surface area contributed by atoms with Crippen molar-refractivity contribution in [3.8, 4) is 5.75 Å². The molecule has 3 aromatic rings. The second kappa shape index (κ2) is 4.88. The van der Waals surface area contributed by atoms with Crippen LogP contribution in [0.3, 0.4) is 0 Å². The monoisotopic (exact) mass is 235 g/mol. The maximum atomic E-state index is 5.87. The van der Waals surface area contributed by atoms with Crippen LogP contribution in [0.2, 0.25) is 0 Å². The topological polar surface area (TPSA) is 22.1 Å². The zero-order valence-corrected chi connectivity index (χ0v) is 9.91. The molecular formula is C16H13NO. The first kappa shape index (κ1) is 10.8. The Labute approximate surface area is 106 Å². The van der Waals surface area contributed by atoms with Crippen LogP contribution in [0.5, 0.6) is 5.75 Å². The molecule has 1 aromatic heterocycles. The van der Waals surface area contributed by atoms with Gasteiger partial charge in [0.15, 0.2) is 0 Å². The number of pyridine rings is 1. The van der Waals surface area contributed by atoms with Gasteiger partial charge in [-0.25, -0.2) is 0 Å². The van der Waals surface area contributed by atoms with E-state index in [-0.39, 0.29) is 0 Å². The quantitative estimate of drug-likeness (QED) is 0.688. The van der Waals surface area contributed by atoms with Crippen molar-refractivity contribution in [3.63, 3.8) is 0 Å². The second-order valence-corrected chi connectivity index (χ2v) is 4.13. The molecule has 0 N–H and O–H groups in total. The molecule has 0 radical (unpaired) electrons. The summed E-state index contributed by atoms with van der Waals surface area (Å²) in [4.78, 5) is 4.15. The third kappa shape index (κ3) is 2.18. The zero-order valence-electron chi connectivity index (χ0n) is 9.91. The Morgan fingerprint density at radius 1 is 0.889 bits per heavy atom. The minimum atomic E-state index is 0.578. The largest absolute Gasteiger partial charge is 0.488 e. The average molecular weight is 235 g/mol. The molecule has 2 aromatic carbocycles. The fourth-order valence-corrected chi connectivity index (χ4v) is 1.95. The van der Waals surface area contributed by atoms with Crippen LogP contribution < -0.4 is 4.74 Å². The molecule has 0 unspecified atom stereocenters. The fourth-order valence-electron chi connectivity index (χ4n) is 1.95. The number of fused-ring (bicyclic) bond motifs is 1. The van der Waals surface area contributed by atoms with Crippen LogP contribution >= 0.6 is 0 Å². The van der Waals surface area contributed by atoms with E-state index < -0.39 is 0 Å². The molecule has 2 heteroatoms. The van der Waals surface area contributed by atoms with E-state index in [9.17, 15) is 0 Å². The molecule has 0 spiro atoms. The lowest BCUT2D eigenvalue weighted by Gasteiger charge is -2.08. The molecule has 0 amide bonds. The summed E-state index contributed by atoms with van der Waals surface area (Å²) in [5, 5.41) is 2.20. The Morgan fingerprint density at radius 2 is 1.78 bits per heavy atom. The van der Waals surface area contributed by atoms with Crippen molar-refractivity contribution in [1.82, 2.24) is 4.98 Å². The Hall–Kier alpha value is -2.35. The van der Waals surface area contributed by atoms with Gasteiger partial charge in [0, 0.05) is 17.8 Å². The Kier molecular flexibility index (Phi) is 2.92. The van der Waals surface area contributed by atoms with Crippen molar-refractivity contribution in [1.29, 1.82) is 0 Å². The number of ether oxygens (including phenoxy) is 1. The highest BCUT2D eigenvalue weighted by Gasteiger charge is 2.01. The van der Waals surface area contributed by atoms with Gasteiger partial charge in [-0.2, -0.15) is 0 Å². The Balaban J connectivity index is 1.87. The first-order valence-corrected chi connectivity index (χ1v) is 5.93. The number of aromatic nitrogens is 1. The molecule has 2 nitrogen and oxygen atoms in total. The predicted molar refractivity (Wildman–Crippen MR) is 72.5 cm³/mol. The highest BCUT2D eigenvalue weighted by molar-refractivity contribution is 5.87. The molecule has 0 saturated heterocycles. The molecule has 0 aliphatic rings. The van der Waals surface area contributed by atoms with E-state index in [4.69, 9.17) is 4.74 Å². The van der Waals surface area contributed by atoms with E-state index in [1.165, 1.54) is 5.56 Å². The molecule has 0 atom stereocenters. The van der Waals surface area contributed by atoms with E-state index in [0.717, 1.165) is 16.5 Å². The van der Waals surface area contributed by atoms with E-state index in [2.05, 4.69) is 23.2 Å². The summed E-state index contributed by atoms with van der Waals surface area (Å²) in [6.07, 6.45) is 3.64. The van der Waals surface area contributed by atoms with Crippen molar-refractivity contribution < 1.29 is 4.74 Å². The number of hydrogen-bond acceptors (Lipinski definition) is 2. The molecule has 0 bridgehead atoms.